The van der Waals surface area contributed by atoms with Gasteiger partial charge in [0.2, 0.25) is 0 Å². The van der Waals surface area contributed by atoms with Gasteiger partial charge >= 0.3 is 0 Å². The molecule has 0 bridgehead atoms. The Morgan fingerprint density at radius 1 is 1.11 bits per heavy atom. The minimum Gasteiger partial charge on any atom is -0.387 e. The number of rotatable bonds is 5. The van der Waals surface area contributed by atoms with Gasteiger partial charge in [-0.1, -0.05) is 13.3 Å². The van der Waals surface area contributed by atoms with E-state index in [1.807, 2.05) is 43.0 Å². The highest BCUT2D eigenvalue weighted by atomic mass is 16.3. The number of aliphatic hydroxyl groups is 1. The lowest BCUT2D eigenvalue weighted by molar-refractivity contribution is 0.161. The second-order valence-electron chi connectivity index (χ2n) is 6.66. The van der Waals surface area contributed by atoms with Crippen LogP contribution < -0.4 is 5.32 Å². The van der Waals surface area contributed by atoms with E-state index in [-0.39, 0.29) is 0 Å². The monoisotopic (exact) mass is 362 g/mol. The van der Waals surface area contributed by atoms with Crippen molar-refractivity contribution in [2.45, 2.75) is 32.8 Å². The molecule has 0 radical (unpaired) electrons. The van der Waals surface area contributed by atoms with Crippen LogP contribution in [0.1, 0.15) is 37.1 Å². The second kappa shape index (κ2) is 6.92. The van der Waals surface area contributed by atoms with E-state index in [9.17, 15) is 5.11 Å². The van der Waals surface area contributed by atoms with E-state index in [0.717, 1.165) is 45.5 Å². The quantitative estimate of drug-likeness (QED) is 0.565. The van der Waals surface area contributed by atoms with Crippen molar-refractivity contribution >= 4 is 22.4 Å². The van der Waals surface area contributed by atoms with Crippen molar-refractivity contribution in [3.63, 3.8) is 0 Å². The summed E-state index contributed by atoms with van der Waals surface area (Å²) in [7, 11) is 1.84. The number of anilines is 1. The van der Waals surface area contributed by atoms with Crippen LogP contribution in [0.25, 0.3) is 27.7 Å². The Balaban J connectivity index is 1.89. The summed E-state index contributed by atoms with van der Waals surface area (Å²) in [5.74, 6) is 0.777. The van der Waals surface area contributed by atoms with Gasteiger partial charge in [-0.2, -0.15) is 5.10 Å². The molecule has 0 saturated heterocycles. The topological polar surface area (TPSA) is 88.2 Å². The Kier molecular flexibility index (Phi) is 4.45. The van der Waals surface area contributed by atoms with Crippen LogP contribution in [0.4, 0.5) is 5.82 Å². The zero-order chi connectivity index (χ0) is 19.0. The Bertz CT molecular complexity index is 1120. The second-order valence-corrected chi connectivity index (χ2v) is 6.66. The Morgan fingerprint density at radius 2 is 1.96 bits per heavy atom. The first-order valence-electron chi connectivity index (χ1n) is 9.07. The Morgan fingerprint density at radius 3 is 2.70 bits per heavy atom. The maximum absolute atomic E-state index is 10.2. The number of pyridine rings is 3. The van der Waals surface area contributed by atoms with Crippen LogP contribution in [0.5, 0.6) is 0 Å². The zero-order valence-electron chi connectivity index (χ0n) is 15.6. The van der Waals surface area contributed by atoms with E-state index in [1.165, 1.54) is 0 Å². The molecule has 0 unspecified atom stereocenters. The standard InChI is InChI=1S/C20H22N6O/c1-4-5-18(27)16-6-12(2)15(10-22-16)14-7-13-9-23-19(21-3)8-17(13)26-20(14)24-11-25-26/h6-11,18,27H,4-5H2,1-3H3,(H,21,23)/t18-/m1/s1. The molecule has 7 nitrogen and oxygen atoms in total. The fraction of sp³-hybridized carbons (Fsp3) is 0.300. The summed E-state index contributed by atoms with van der Waals surface area (Å²) in [6.07, 6.45) is 6.28. The van der Waals surface area contributed by atoms with Crippen LogP contribution in [0.15, 0.2) is 36.9 Å². The van der Waals surface area contributed by atoms with Gasteiger partial charge < -0.3 is 10.4 Å². The number of fused-ring (bicyclic) bond motifs is 3. The van der Waals surface area contributed by atoms with E-state index < -0.39 is 6.10 Å². The summed E-state index contributed by atoms with van der Waals surface area (Å²) in [6.45, 7) is 4.08. The first kappa shape index (κ1) is 17.4. The molecule has 0 fully saturated rings. The first-order valence-corrected chi connectivity index (χ1v) is 9.07. The van der Waals surface area contributed by atoms with Gasteiger partial charge in [-0.05, 0) is 31.0 Å². The third-order valence-corrected chi connectivity index (χ3v) is 4.81. The zero-order valence-corrected chi connectivity index (χ0v) is 15.6. The van der Waals surface area contributed by atoms with Crippen LogP contribution in [-0.2, 0) is 0 Å². The number of hydrogen-bond donors (Lipinski definition) is 2. The van der Waals surface area contributed by atoms with Gasteiger partial charge in [-0.3, -0.25) is 4.98 Å². The molecular weight excluding hydrogens is 340 g/mol. The molecule has 1 atom stereocenters. The highest BCUT2D eigenvalue weighted by molar-refractivity contribution is 5.92. The molecule has 27 heavy (non-hydrogen) atoms. The minimum atomic E-state index is -0.531. The minimum absolute atomic E-state index is 0.531. The molecule has 0 spiro atoms. The molecular formula is C20H22N6O. The largest absolute Gasteiger partial charge is 0.387 e. The maximum Gasteiger partial charge on any atom is 0.163 e. The SMILES string of the molecule is CCC[C@@H](O)c1cc(C)c(-c2cc3cnc(NC)cc3n3ncnc23)cn1. The molecule has 138 valence electrons. The van der Waals surface area contributed by atoms with E-state index in [2.05, 4.69) is 38.4 Å². The highest BCUT2D eigenvalue weighted by Gasteiger charge is 2.16. The number of nitrogens with one attached hydrogen (secondary N) is 1. The summed E-state index contributed by atoms with van der Waals surface area (Å²) in [5, 5.41) is 18.7. The predicted molar refractivity (Wildman–Crippen MR) is 106 cm³/mol. The number of aliphatic hydroxyl groups excluding tert-OH is 1. The van der Waals surface area contributed by atoms with Gasteiger partial charge in [0.15, 0.2) is 5.65 Å². The molecule has 4 heterocycles. The van der Waals surface area contributed by atoms with Crippen molar-refractivity contribution in [2.75, 3.05) is 12.4 Å². The van der Waals surface area contributed by atoms with E-state index in [0.29, 0.717) is 12.1 Å². The lowest BCUT2D eigenvalue weighted by atomic mass is 10.00. The predicted octanol–water partition coefficient (Wildman–Crippen LogP) is 3.52. The molecule has 0 saturated carbocycles. The van der Waals surface area contributed by atoms with Gasteiger partial charge in [-0.25, -0.2) is 14.5 Å². The molecule has 0 aliphatic carbocycles. The van der Waals surface area contributed by atoms with E-state index >= 15 is 0 Å². The summed E-state index contributed by atoms with van der Waals surface area (Å²) in [6, 6.07) is 5.98. The Hall–Kier alpha value is -3.06. The lowest BCUT2D eigenvalue weighted by Crippen LogP contribution is -2.02. The molecule has 0 aliphatic rings. The average Bonchev–Trinajstić information content (AvgIpc) is 3.17. The third-order valence-electron chi connectivity index (χ3n) is 4.81. The number of nitrogens with zero attached hydrogens (tertiary/aromatic N) is 5. The summed E-state index contributed by atoms with van der Waals surface area (Å²) < 4.78 is 1.83. The Labute approximate surface area is 157 Å². The van der Waals surface area contributed by atoms with Gasteiger partial charge in [0.1, 0.15) is 12.1 Å². The normalized spacial score (nSPS) is 12.6. The molecule has 4 aromatic heterocycles. The molecule has 0 amide bonds. The summed E-state index contributed by atoms with van der Waals surface area (Å²) in [4.78, 5) is 13.4. The van der Waals surface area contributed by atoms with E-state index in [4.69, 9.17) is 0 Å². The molecule has 0 aliphatic heterocycles. The van der Waals surface area contributed by atoms with Crippen molar-refractivity contribution in [3.05, 3.63) is 48.2 Å². The number of aryl methyl sites for hydroxylation is 1. The summed E-state index contributed by atoms with van der Waals surface area (Å²) in [5.41, 5.74) is 5.37. The lowest BCUT2D eigenvalue weighted by Gasteiger charge is -2.13. The van der Waals surface area contributed by atoms with Gasteiger partial charge in [0, 0.05) is 42.0 Å². The molecule has 2 N–H and O–H groups in total. The molecule has 4 rings (SSSR count). The van der Waals surface area contributed by atoms with Crippen LogP contribution >= 0.6 is 0 Å². The fourth-order valence-corrected chi connectivity index (χ4v) is 3.37. The maximum atomic E-state index is 10.2. The highest BCUT2D eigenvalue weighted by Crippen LogP contribution is 2.31. The van der Waals surface area contributed by atoms with Crippen molar-refractivity contribution in [2.24, 2.45) is 0 Å². The third kappa shape index (κ3) is 3.00. The van der Waals surface area contributed by atoms with Gasteiger partial charge in [0.25, 0.3) is 0 Å². The van der Waals surface area contributed by atoms with Gasteiger partial charge in [0.05, 0.1) is 17.3 Å². The number of hydrogen-bond acceptors (Lipinski definition) is 6. The van der Waals surface area contributed by atoms with E-state index in [1.54, 1.807) is 6.33 Å². The van der Waals surface area contributed by atoms with Crippen LogP contribution in [0.3, 0.4) is 0 Å². The first-order chi connectivity index (χ1) is 13.1. The summed E-state index contributed by atoms with van der Waals surface area (Å²) >= 11 is 0. The fourth-order valence-electron chi connectivity index (χ4n) is 3.37. The van der Waals surface area contributed by atoms with Gasteiger partial charge in [-0.15, -0.1) is 0 Å². The molecule has 4 aromatic rings. The smallest absolute Gasteiger partial charge is 0.163 e. The van der Waals surface area contributed by atoms with Crippen molar-refractivity contribution in [3.8, 4) is 11.1 Å². The van der Waals surface area contributed by atoms with Crippen molar-refractivity contribution in [1.29, 1.82) is 0 Å². The number of aromatic nitrogens is 5. The van der Waals surface area contributed by atoms with Crippen molar-refractivity contribution in [1.82, 2.24) is 24.6 Å². The van der Waals surface area contributed by atoms with Crippen LogP contribution in [-0.4, -0.2) is 36.7 Å². The van der Waals surface area contributed by atoms with Crippen LogP contribution in [0.2, 0.25) is 0 Å². The van der Waals surface area contributed by atoms with Crippen LogP contribution in [0, 0.1) is 6.92 Å². The average molecular weight is 362 g/mol. The molecule has 0 aromatic carbocycles. The molecule has 7 heteroatoms. The van der Waals surface area contributed by atoms with Crippen molar-refractivity contribution < 1.29 is 5.11 Å².